The highest BCUT2D eigenvalue weighted by atomic mass is 14.7. The van der Waals surface area contributed by atoms with Gasteiger partial charge < -0.3 is 5.73 Å². The summed E-state index contributed by atoms with van der Waals surface area (Å²) in [6.45, 7) is 6.06. The lowest BCUT2D eigenvalue weighted by molar-refractivity contribution is 0.188. The highest BCUT2D eigenvalue weighted by Crippen LogP contribution is 2.46. The fourth-order valence-electron chi connectivity index (χ4n) is 2.88. The summed E-state index contributed by atoms with van der Waals surface area (Å²) in [5.41, 5.74) is 9.37. The zero-order valence-corrected chi connectivity index (χ0v) is 10.8. The van der Waals surface area contributed by atoms with Gasteiger partial charge in [-0.25, -0.2) is 0 Å². The van der Waals surface area contributed by atoms with Crippen molar-refractivity contribution >= 4 is 0 Å². The Hall–Kier alpha value is -1.08. The maximum atomic E-state index is 6.45. The summed E-state index contributed by atoms with van der Waals surface area (Å²) in [5, 5.41) is 0. The van der Waals surface area contributed by atoms with Crippen molar-refractivity contribution in [2.75, 3.05) is 0 Å². The lowest BCUT2D eigenvalue weighted by Gasteiger charge is -2.47. The van der Waals surface area contributed by atoms with Crippen LogP contribution in [0.1, 0.15) is 44.6 Å². The Labute approximate surface area is 105 Å². The maximum Gasteiger partial charge on any atom is 0.0139 e. The van der Waals surface area contributed by atoms with Crippen molar-refractivity contribution in [2.24, 2.45) is 5.73 Å². The summed E-state index contributed by atoms with van der Waals surface area (Å²) in [6.07, 6.45) is 5.92. The van der Waals surface area contributed by atoms with E-state index in [2.05, 4.69) is 43.8 Å². The number of hydrogen-bond acceptors (Lipinski definition) is 1. The molecule has 1 saturated carbocycles. The van der Waals surface area contributed by atoms with Gasteiger partial charge in [0.15, 0.2) is 0 Å². The molecule has 0 saturated heterocycles. The van der Waals surface area contributed by atoms with E-state index in [-0.39, 0.29) is 11.5 Å². The number of allylic oxidation sites excluding steroid dienone is 1. The van der Waals surface area contributed by atoms with Gasteiger partial charge in [-0.3, -0.25) is 0 Å². The smallest absolute Gasteiger partial charge is 0.0139 e. The molecule has 1 atom stereocenters. The predicted octanol–water partition coefficient (Wildman–Crippen LogP) is 3.79. The minimum absolute atomic E-state index is 0.247. The van der Waals surface area contributed by atoms with Crippen LogP contribution in [-0.2, 0) is 5.41 Å². The van der Waals surface area contributed by atoms with Crippen molar-refractivity contribution in [3.63, 3.8) is 0 Å². The van der Waals surface area contributed by atoms with Crippen LogP contribution in [0, 0.1) is 0 Å². The Kier molecular flexibility index (Phi) is 3.68. The Balaban J connectivity index is 2.12. The van der Waals surface area contributed by atoms with Gasteiger partial charge >= 0.3 is 0 Å². The van der Waals surface area contributed by atoms with Gasteiger partial charge in [0.1, 0.15) is 0 Å². The Morgan fingerprint density at radius 1 is 1.35 bits per heavy atom. The van der Waals surface area contributed by atoms with Crippen LogP contribution < -0.4 is 5.73 Å². The van der Waals surface area contributed by atoms with Crippen LogP contribution in [0.25, 0.3) is 0 Å². The standard InChI is InChI=1S/C16H23N/c1-13(2)9-10-15(17)16(11-6-12-16)14-7-4-3-5-8-14/h3-5,7-8,15H,1,6,9-12,17H2,2H3. The summed E-state index contributed by atoms with van der Waals surface area (Å²) in [5.74, 6) is 0. The molecule has 17 heavy (non-hydrogen) atoms. The van der Waals surface area contributed by atoms with Crippen molar-refractivity contribution in [3.05, 3.63) is 48.0 Å². The first-order chi connectivity index (χ1) is 8.15. The molecule has 0 aromatic heterocycles. The van der Waals surface area contributed by atoms with E-state index in [0.29, 0.717) is 0 Å². The van der Waals surface area contributed by atoms with E-state index in [1.165, 1.54) is 30.4 Å². The molecule has 0 heterocycles. The average molecular weight is 229 g/mol. The highest BCUT2D eigenvalue weighted by molar-refractivity contribution is 5.30. The molecule has 0 spiro atoms. The first kappa shape index (κ1) is 12.4. The molecule has 2 N–H and O–H groups in total. The lowest BCUT2D eigenvalue weighted by atomic mass is 9.59. The fraction of sp³-hybridized carbons (Fsp3) is 0.500. The third-order valence-electron chi connectivity index (χ3n) is 4.19. The van der Waals surface area contributed by atoms with Crippen LogP contribution in [0.2, 0.25) is 0 Å². The second-order valence-corrected chi connectivity index (χ2v) is 5.48. The molecule has 92 valence electrons. The van der Waals surface area contributed by atoms with Crippen LogP contribution in [0.3, 0.4) is 0 Å². The molecule has 1 aliphatic rings. The Bertz CT molecular complexity index is 376. The molecule has 1 fully saturated rings. The van der Waals surface area contributed by atoms with E-state index in [1.807, 2.05) is 0 Å². The summed E-state index contributed by atoms with van der Waals surface area (Å²) in [7, 11) is 0. The van der Waals surface area contributed by atoms with E-state index in [0.717, 1.165) is 12.8 Å². The summed E-state index contributed by atoms with van der Waals surface area (Å²) in [4.78, 5) is 0. The van der Waals surface area contributed by atoms with Crippen LogP contribution in [0.4, 0.5) is 0 Å². The van der Waals surface area contributed by atoms with Crippen LogP contribution >= 0.6 is 0 Å². The molecule has 0 bridgehead atoms. The van der Waals surface area contributed by atoms with Gasteiger partial charge in [-0.1, -0.05) is 42.3 Å². The lowest BCUT2D eigenvalue weighted by Crippen LogP contribution is -2.50. The number of nitrogens with two attached hydrogens (primary N) is 1. The van der Waals surface area contributed by atoms with E-state index in [1.54, 1.807) is 0 Å². The third-order valence-corrected chi connectivity index (χ3v) is 4.19. The van der Waals surface area contributed by atoms with E-state index < -0.39 is 0 Å². The van der Waals surface area contributed by atoms with Crippen LogP contribution in [0.15, 0.2) is 42.5 Å². The van der Waals surface area contributed by atoms with Gasteiger partial charge in [0, 0.05) is 11.5 Å². The van der Waals surface area contributed by atoms with E-state index in [4.69, 9.17) is 5.73 Å². The molecule has 1 unspecified atom stereocenters. The first-order valence-electron chi connectivity index (χ1n) is 6.61. The van der Waals surface area contributed by atoms with Gasteiger partial charge in [0.05, 0.1) is 0 Å². The van der Waals surface area contributed by atoms with Crippen LogP contribution in [0.5, 0.6) is 0 Å². The second-order valence-electron chi connectivity index (χ2n) is 5.48. The van der Waals surface area contributed by atoms with Crippen molar-refractivity contribution in [1.29, 1.82) is 0 Å². The first-order valence-corrected chi connectivity index (χ1v) is 6.61. The summed E-state index contributed by atoms with van der Waals surface area (Å²) in [6, 6.07) is 11.1. The molecular weight excluding hydrogens is 206 g/mol. The predicted molar refractivity (Wildman–Crippen MR) is 74.0 cm³/mol. The van der Waals surface area contributed by atoms with Crippen LogP contribution in [-0.4, -0.2) is 6.04 Å². The molecular formula is C16H23N. The Morgan fingerprint density at radius 2 is 2.00 bits per heavy atom. The van der Waals surface area contributed by atoms with E-state index >= 15 is 0 Å². The molecule has 0 radical (unpaired) electrons. The van der Waals surface area contributed by atoms with Crippen molar-refractivity contribution in [1.82, 2.24) is 0 Å². The molecule has 1 heteroatoms. The van der Waals surface area contributed by atoms with Gasteiger partial charge in [0.2, 0.25) is 0 Å². The van der Waals surface area contributed by atoms with Gasteiger partial charge in [-0.2, -0.15) is 0 Å². The summed E-state index contributed by atoms with van der Waals surface area (Å²) >= 11 is 0. The normalized spacial score (nSPS) is 19.4. The molecule has 1 aliphatic carbocycles. The number of benzene rings is 1. The van der Waals surface area contributed by atoms with Crippen molar-refractivity contribution in [2.45, 2.75) is 50.5 Å². The molecule has 1 aromatic carbocycles. The van der Waals surface area contributed by atoms with Gasteiger partial charge in [-0.05, 0) is 38.2 Å². The van der Waals surface area contributed by atoms with Gasteiger partial charge in [0.25, 0.3) is 0 Å². The summed E-state index contributed by atoms with van der Waals surface area (Å²) < 4.78 is 0. The third kappa shape index (κ3) is 2.44. The van der Waals surface area contributed by atoms with Crippen molar-refractivity contribution < 1.29 is 0 Å². The number of hydrogen-bond donors (Lipinski definition) is 1. The fourth-order valence-corrected chi connectivity index (χ4v) is 2.88. The molecule has 0 amide bonds. The molecule has 0 aliphatic heterocycles. The minimum atomic E-state index is 0.247. The highest BCUT2D eigenvalue weighted by Gasteiger charge is 2.43. The second kappa shape index (κ2) is 5.05. The average Bonchev–Trinajstić information content (AvgIpc) is 2.26. The SMILES string of the molecule is C=C(C)CCC(N)C1(c2ccccc2)CCC1. The zero-order chi connectivity index (χ0) is 12.3. The molecule has 2 rings (SSSR count). The zero-order valence-electron chi connectivity index (χ0n) is 10.8. The quantitative estimate of drug-likeness (QED) is 0.764. The monoisotopic (exact) mass is 229 g/mol. The Morgan fingerprint density at radius 3 is 2.47 bits per heavy atom. The molecule has 1 nitrogen and oxygen atoms in total. The topological polar surface area (TPSA) is 26.0 Å². The number of rotatable bonds is 5. The molecule has 1 aromatic rings. The van der Waals surface area contributed by atoms with Crippen molar-refractivity contribution in [3.8, 4) is 0 Å². The largest absolute Gasteiger partial charge is 0.327 e. The maximum absolute atomic E-state index is 6.45. The minimum Gasteiger partial charge on any atom is -0.327 e. The van der Waals surface area contributed by atoms with E-state index in [9.17, 15) is 0 Å². The van der Waals surface area contributed by atoms with Gasteiger partial charge in [-0.15, -0.1) is 6.58 Å².